The topological polar surface area (TPSA) is 54.4 Å². The van der Waals surface area contributed by atoms with E-state index in [1.807, 2.05) is 23.1 Å². The fourth-order valence-corrected chi connectivity index (χ4v) is 4.40. The number of ether oxygens (including phenoxy) is 2. The summed E-state index contributed by atoms with van der Waals surface area (Å²) in [6, 6.07) is 17.6. The van der Waals surface area contributed by atoms with E-state index in [4.69, 9.17) is 9.47 Å². The van der Waals surface area contributed by atoms with E-state index in [0.717, 1.165) is 12.1 Å². The zero-order valence-electron chi connectivity index (χ0n) is 19.6. The number of carbonyl (C=O) groups is 1. The van der Waals surface area contributed by atoms with Crippen molar-refractivity contribution in [3.8, 4) is 17.2 Å². The first-order valence-electron chi connectivity index (χ1n) is 11.6. The summed E-state index contributed by atoms with van der Waals surface area (Å²) in [5, 5.41) is 0. The van der Waals surface area contributed by atoms with Crippen LogP contribution in [0.1, 0.15) is 27.9 Å². The van der Waals surface area contributed by atoms with Crippen LogP contribution in [0.3, 0.4) is 0 Å². The molecule has 1 amide bonds. The number of halogens is 3. The fourth-order valence-electron chi connectivity index (χ4n) is 4.40. The van der Waals surface area contributed by atoms with Crippen molar-refractivity contribution < 1.29 is 27.4 Å². The first-order valence-corrected chi connectivity index (χ1v) is 11.6. The molecule has 0 unspecified atom stereocenters. The van der Waals surface area contributed by atoms with Crippen molar-refractivity contribution in [3.63, 3.8) is 0 Å². The van der Waals surface area contributed by atoms with Crippen LogP contribution in [0.2, 0.25) is 0 Å². The van der Waals surface area contributed by atoms with Crippen LogP contribution < -0.4 is 9.47 Å². The number of hydrogen-bond acceptors (Lipinski definition) is 5. The monoisotopic (exact) mass is 495 g/mol. The van der Waals surface area contributed by atoms with Gasteiger partial charge in [-0.3, -0.25) is 4.79 Å². The Morgan fingerprint density at radius 2 is 1.75 bits per heavy atom. The molecule has 3 aromatic rings. The number of aliphatic imine (C=N–C) groups is 1. The number of amides is 1. The zero-order chi connectivity index (χ0) is 25.3. The van der Waals surface area contributed by atoms with Crippen LogP contribution in [-0.2, 0) is 6.18 Å². The number of fused-ring (bicyclic) bond motifs is 2. The van der Waals surface area contributed by atoms with Crippen molar-refractivity contribution in [2.45, 2.75) is 12.6 Å². The number of benzene rings is 3. The fraction of sp³-hybridized carbons (Fsp3) is 0.259. The van der Waals surface area contributed by atoms with Crippen LogP contribution in [0.25, 0.3) is 0 Å². The minimum atomic E-state index is -4.51. The molecule has 2 aliphatic heterocycles. The second-order valence-corrected chi connectivity index (χ2v) is 8.58. The Bertz CT molecular complexity index is 1310. The van der Waals surface area contributed by atoms with E-state index in [1.54, 1.807) is 35.2 Å². The Labute approximate surface area is 206 Å². The van der Waals surface area contributed by atoms with Crippen molar-refractivity contribution >= 4 is 17.4 Å². The Hall–Kier alpha value is -4.01. The number of nitrogens with zero attached hydrogens (tertiary/aromatic N) is 3. The van der Waals surface area contributed by atoms with E-state index < -0.39 is 11.7 Å². The van der Waals surface area contributed by atoms with Gasteiger partial charge in [0.1, 0.15) is 23.0 Å². The maximum atomic E-state index is 13.4. The van der Waals surface area contributed by atoms with Gasteiger partial charge in [-0.15, -0.1) is 0 Å². The molecule has 0 aromatic heterocycles. The standard InChI is InChI=1S/C27H24F3N3O3/c1-35-20-9-10-21-24(17-20)36-23-11-8-19(27(28,29)30)16-22(23)31-25(21)32-12-5-13-33(15-14-32)26(34)18-6-3-2-4-7-18/h2-4,6-11,16-17H,5,12-15H2,1H3. The van der Waals surface area contributed by atoms with E-state index in [2.05, 4.69) is 4.99 Å². The van der Waals surface area contributed by atoms with Crippen LogP contribution in [0.4, 0.5) is 18.9 Å². The second-order valence-electron chi connectivity index (χ2n) is 8.58. The van der Waals surface area contributed by atoms with E-state index in [-0.39, 0.29) is 17.3 Å². The second kappa shape index (κ2) is 9.56. The summed E-state index contributed by atoms with van der Waals surface area (Å²) in [6.45, 7) is 2.07. The van der Waals surface area contributed by atoms with Gasteiger partial charge in [0.25, 0.3) is 5.91 Å². The SMILES string of the molecule is COc1ccc2c(c1)Oc1ccc(C(F)(F)F)cc1N=C2N1CCCN(C(=O)c2ccccc2)CC1. The molecule has 0 saturated carbocycles. The maximum Gasteiger partial charge on any atom is 0.416 e. The molecule has 0 bridgehead atoms. The molecule has 0 N–H and O–H groups in total. The molecule has 0 spiro atoms. The molecular formula is C27H24F3N3O3. The molecule has 1 fully saturated rings. The molecule has 0 radical (unpaired) electrons. The highest BCUT2D eigenvalue weighted by atomic mass is 19.4. The van der Waals surface area contributed by atoms with Crippen molar-refractivity contribution in [2.24, 2.45) is 4.99 Å². The highest BCUT2D eigenvalue weighted by Gasteiger charge is 2.33. The summed E-state index contributed by atoms with van der Waals surface area (Å²) in [7, 11) is 1.53. The minimum absolute atomic E-state index is 0.0473. The van der Waals surface area contributed by atoms with Crippen molar-refractivity contribution in [1.29, 1.82) is 0 Å². The number of methoxy groups -OCH3 is 1. The molecule has 6 nitrogen and oxygen atoms in total. The Balaban J connectivity index is 1.50. The number of amidine groups is 1. The number of hydrogen-bond donors (Lipinski definition) is 0. The lowest BCUT2D eigenvalue weighted by molar-refractivity contribution is -0.137. The van der Waals surface area contributed by atoms with Gasteiger partial charge in [-0.25, -0.2) is 4.99 Å². The highest BCUT2D eigenvalue weighted by molar-refractivity contribution is 6.04. The van der Waals surface area contributed by atoms with Gasteiger partial charge in [0.2, 0.25) is 0 Å². The first kappa shape index (κ1) is 23.7. The quantitative estimate of drug-likeness (QED) is 0.455. The normalized spacial score (nSPS) is 15.6. The lowest BCUT2D eigenvalue weighted by Gasteiger charge is -2.25. The van der Waals surface area contributed by atoms with E-state index >= 15 is 0 Å². The summed E-state index contributed by atoms with van der Waals surface area (Å²) < 4.78 is 51.7. The van der Waals surface area contributed by atoms with Gasteiger partial charge in [-0.05, 0) is 48.9 Å². The van der Waals surface area contributed by atoms with Crippen molar-refractivity contribution in [3.05, 3.63) is 83.4 Å². The van der Waals surface area contributed by atoms with Crippen molar-refractivity contribution in [2.75, 3.05) is 33.3 Å². The third kappa shape index (κ3) is 4.73. The van der Waals surface area contributed by atoms with Gasteiger partial charge < -0.3 is 19.3 Å². The number of carbonyl (C=O) groups excluding carboxylic acids is 1. The molecule has 0 aliphatic carbocycles. The first-order chi connectivity index (χ1) is 17.3. The summed E-state index contributed by atoms with van der Waals surface area (Å²) in [4.78, 5) is 21.5. The van der Waals surface area contributed by atoms with Crippen LogP contribution in [0, 0.1) is 0 Å². The average Bonchev–Trinajstić information content (AvgIpc) is 3.22. The van der Waals surface area contributed by atoms with Gasteiger partial charge in [-0.2, -0.15) is 13.2 Å². The molecule has 186 valence electrons. The van der Waals surface area contributed by atoms with E-state index in [9.17, 15) is 18.0 Å². The molecule has 3 aromatic carbocycles. The Morgan fingerprint density at radius 1 is 0.944 bits per heavy atom. The van der Waals surface area contributed by atoms with Gasteiger partial charge in [0.05, 0.1) is 18.2 Å². The summed E-state index contributed by atoms with van der Waals surface area (Å²) >= 11 is 0. The van der Waals surface area contributed by atoms with Crippen molar-refractivity contribution in [1.82, 2.24) is 9.80 Å². The predicted octanol–water partition coefficient (Wildman–Crippen LogP) is 5.75. The van der Waals surface area contributed by atoms with Crippen LogP contribution in [-0.4, -0.2) is 54.8 Å². The number of rotatable bonds is 2. The third-order valence-electron chi connectivity index (χ3n) is 6.27. The molecular weight excluding hydrogens is 471 g/mol. The Morgan fingerprint density at radius 3 is 2.50 bits per heavy atom. The van der Waals surface area contributed by atoms with Gasteiger partial charge in [-0.1, -0.05) is 18.2 Å². The predicted molar refractivity (Wildman–Crippen MR) is 129 cm³/mol. The average molecular weight is 496 g/mol. The highest BCUT2D eigenvalue weighted by Crippen LogP contribution is 2.42. The third-order valence-corrected chi connectivity index (χ3v) is 6.27. The molecule has 5 rings (SSSR count). The lowest BCUT2D eigenvalue weighted by Crippen LogP contribution is -2.37. The molecule has 2 heterocycles. The zero-order valence-corrected chi connectivity index (χ0v) is 19.6. The number of alkyl halides is 3. The molecule has 9 heteroatoms. The molecule has 2 aliphatic rings. The lowest BCUT2D eigenvalue weighted by atomic mass is 10.1. The van der Waals surface area contributed by atoms with E-state index in [0.29, 0.717) is 61.1 Å². The summed E-state index contributed by atoms with van der Waals surface area (Å²) in [6.07, 6.45) is -3.83. The largest absolute Gasteiger partial charge is 0.497 e. The Kier molecular flexibility index (Phi) is 6.30. The van der Waals surface area contributed by atoms with Crippen LogP contribution >= 0.6 is 0 Å². The smallest absolute Gasteiger partial charge is 0.416 e. The van der Waals surface area contributed by atoms with Crippen LogP contribution in [0.15, 0.2) is 71.7 Å². The molecule has 0 atom stereocenters. The minimum Gasteiger partial charge on any atom is -0.497 e. The summed E-state index contributed by atoms with van der Waals surface area (Å²) in [5.41, 5.74) is 0.559. The summed E-state index contributed by atoms with van der Waals surface area (Å²) in [5.74, 6) is 1.67. The molecule has 1 saturated heterocycles. The van der Waals surface area contributed by atoms with Gasteiger partial charge >= 0.3 is 6.18 Å². The molecule has 36 heavy (non-hydrogen) atoms. The van der Waals surface area contributed by atoms with Crippen LogP contribution in [0.5, 0.6) is 17.2 Å². The van der Waals surface area contributed by atoms with E-state index in [1.165, 1.54) is 13.2 Å². The van der Waals surface area contributed by atoms with Gasteiger partial charge in [0, 0.05) is 37.8 Å². The maximum absolute atomic E-state index is 13.4. The van der Waals surface area contributed by atoms with Gasteiger partial charge in [0.15, 0.2) is 5.75 Å².